The van der Waals surface area contributed by atoms with Crippen LogP contribution in [-0.2, 0) is 4.74 Å². The molecule has 0 saturated heterocycles. The molecule has 0 saturated carbocycles. The third-order valence-corrected chi connectivity index (χ3v) is 2.78. The summed E-state index contributed by atoms with van der Waals surface area (Å²) >= 11 is 0. The van der Waals surface area contributed by atoms with Crippen molar-refractivity contribution < 1.29 is 14.6 Å². The Morgan fingerprint density at radius 1 is 1.32 bits per heavy atom. The summed E-state index contributed by atoms with van der Waals surface area (Å²) in [7, 11) is 0. The Balaban J connectivity index is 2.49. The first-order valence-electron chi connectivity index (χ1n) is 5.93. The minimum Gasteiger partial charge on any atom is -0.507 e. The number of carbonyl (C=O) groups excluding carboxylic acids is 1. The highest BCUT2D eigenvalue weighted by Gasteiger charge is 2.20. The lowest BCUT2D eigenvalue weighted by atomic mass is 10.0. The van der Waals surface area contributed by atoms with Gasteiger partial charge in [0.1, 0.15) is 11.4 Å². The number of ether oxygens (including phenoxy) is 1. The first kappa shape index (κ1) is 13.1. The van der Waals surface area contributed by atoms with Gasteiger partial charge in [-0.05, 0) is 44.0 Å². The average Bonchev–Trinajstić information content (AvgIpc) is 2.84. The van der Waals surface area contributed by atoms with Gasteiger partial charge >= 0.3 is 5.97 Å². The number of aromatic nitrogens is 3. The van der Waals surface area contributed by atoms with Gasteiger partial charge in [-0.25, -0.2) is 4.79 Å². The zero-order chi connectivity index (χ0) is 14.0. The summed E-state index contributed by atoms with van der Waals surface area (Å²) in [4.78, 5) is 11.7. The van der Waals surface area contributed by atoms with E-state index in [0.29, 0.717) is 22.4 Å². The molecule has 100 valence electrons. The van der Waals surface area contributed by atoms with Crippen molar-refractivity contribution >= 4 is 5.97 Å². The lowest BCUT2D eigenvalue weighted by Gasteiger charge is -2.07. The fourth-order valence-corrected chi connectivity index (χ4v) is 1.87. The van der Waals surface area contributed by atoms with Gasteiger partial charge in [-0.15, -0.1) is 5.10 Å². The summed E-state index contributed by atoms with van der Waals surface area (Å²) < 4.78 is 4.92. The number of hydrogen-bond donors (Lipinski definition) is 2. The van der Waals surface area contributed by atoms with Gasteiger partial charge in [0.25, 0.3) is 0 Å². The number of nitrogens with one attached hydrogen (secondary N) is 1. The molecule has 2 rings (SSSR count). The fraction of sp³-hybridized carbons (Fsp3) is 0.308. The molecule has 6 nitrogen and oxygen atoms in total. The van der Waals surface area contributed by atoms with E-state index in [0.717, 1.165) is 0 Å². The van der Waals surface area contributed by atoms with E-state index in [1.807, 2.05) is 0 Å². The lowest BCUT2D eigenvalue weighted by molar-refractivity contribution is 0.0520. The molecule has 0 amide bonds. The number of nitrogens with zero attached hydrogens (tertiary/aromatic N) is 2. The second kappa shape index (κ2) is 5.09. The Morgan fingerprint density at radius 2 is 1.95 bits per heavy atom. The lowest BCUT2D eigenvalue weighted by Crippen LogP contribution is -2.06. The van der Waals surface area contributed by atoms with Gasteiger partial charge < -0.3 is 9.84 Å². The Morgan fingerprint density at radius 3 is 2.53 bits per heavy atom. The Labute approximate surface area is 110 Å². The van der Waals surface area contributed by atoms with Crippen molar-refractivity contribution in [3.05, 3.63) is 29.0 Å². The molecule has 0 bridgehead atoms. The van der Waals surface area contributed by atoms with Gasteiger partial charge in [0.15, 0.2) is 5.69 Å². The second-order valence-electron chi connectivity index (χ2n) is 4.20. The molecule has 1 aromatic heterocycles. The molecule has 0 aliphatic rings. The second-order valence-corrected chi connectivity index (χ2v) is 4.20. The molecule has 2 N–H and O–H groups in total. The van der Waals surface area contributed by atoms with Crippen molar-refractivity contribution in [2.75, 3.05) is 6.61 Å². The third-order valence-electron chi connectivity index (χ3n) is 2.78. The summed E-state index contributed by atoms with van der Waals surface area (Å²) in [5, 5.41) is 20.0. The van der Waals surface area contributed by atoms with E-state index in [9.17, 15) is 9.90 Å². The van der Waals surface area contributed by atoms with Gasteiger partial charge in [-0.3, -0.25) is 0 Å². The number of rotatable bonds is 3. The number of esters is 1. The fourth-order valence-electron chi connectivity index (χ4n) is 1.87. The minimum absolute atomic E-state index is 0.145. The van der Waals surface area contributed by atoms with Crippen LogP contribution in [0.15, 0.2) is 12.1 Å². The number of phenols is 1. The molecule has 0 atom stereocenters. The molecular weight excluding hydrogens is 246 g/mol. The number of H-pyrrole nitrogens is 1. The van der Waals surface area contributed by atoms with E-state index >= 15 is 0 Å². The van der Waals surface area contributed by atoms with Gasteiger partial charge in [0.05, 0.1) is 6.61 Å². The van der Waals surface area contributed by atoms with Crippen molar-refractivity contribution in [3.63, 3.8) is 0 Å². The first-order valence-corrected chi connectivity index (χ1v) is 5.93. The molecule has 0 aliphatic carbocycles. The van der Waals surface area contributed by atoms with Crippen LogP contribution < -0.4 is 0 Å². The highest BCUT2D eigenvalue weighted by molar-refractivity contribution is 5.94. The summed E-state index contributed by atoms with van der Waals surface area (Å²) in [6.45, 7) is 5.58. The van der Waals surface area contributed by atoms with Crippen molar-refractivity contribution in [2.24, 2.45) is 0 Å². The van der Waals surface area contributed by atoms with Crippen LogP contribution in [-0.4, -0.2) is 33.1 Å². The zero-order valence-electron chi connectivity index (χ0n) is 11.0. The number of carbonyl (C=O) groups is 1. The van der Waals surface area contributed by atoms with E-state index in [1.54, 1.807) is 32.9 Å². The summed E-state index contributed by atoms with van der Waals surface area (Å²) in [6.07, 6.45) is 0. The molecule has 0 unspecified atom stereocenters. The molecule has 0 fully saturated rings. The largest absolute Gasteiger partial charge is 0.507 e. The van der Waals surface area contributed by atoms with E-state index in [1.165, 1.54) is 0 Å². The van der Waals surface area contributed by atoms with E-state index in [4.69, 9.17) is 4.74 Å². The minimum atomic E-state index is -0.519. The predicted octanol–water partition coefficient (Wildman–Crippen LogP) is 1.97. The van der Waals surface area contributed by atoms with Crippen LogP contribution in [0.2, 0.25) is 0 Å². The van der Waals surface area contributed by atoms with E-state index in [-0.39, 0.29) is 18.1 Å². The monoisotopic (exact) mass is 261 g/mol. The van der Waals surface area contributed by atoms with E-state index < -0.39 is 5.97 Å². The van der Waals surface area contributed by atoms with Crippen LogP contribution in [0.1, 0.15) is 28.5 Å². The summed E-state index contributed by atoms with van der Waals surface area (Å²) in [5.41, 5.74) is 2.71. The highest BCUT2D eigenvalue weighted by atomic mass is 16.5. The molecule has 0 radical (unpaired) electrons. The maximum Gasteiger partial charge on any atom is 0.361 e. The summed E-state index contributed by atoms with van der Waals surface area (Å²) in [5.74, 6) is -0.278. The molecule has 1 aromatic carbocycles. The molecule has 0 spiro atoms. The molecule has 1 heterocycles. The third kappa shape index (κ3) is 2.42. The SMILES string of the molecule is CCOC(=O)c1n[nH]nc1-c1cc(C)c(O)c(C)c1. The number of hydrogen-bond acceptors (Lipinski definition) is 5. The standard InChI is InChI=1S/C13H15N3O3/c1-4-19-13(18)11-10(14-16-15-11)9-5-7(2)12(17)8(3)6-9/h5-6,17H,4H2,1-3H3,(H,14,15,16). The van der Waals surface area contributed by atoms with Gasteiger partial charge in [0.2, 0.25) is 0 Å². The van der Waals surface area contributed by atoms with Gasteiger partial charge in [-0.2, -0.15) is 10.3 Å². The predicted molar refractivity (Wildman–Crippen MR) is 68.9 cm³/mol. The number of aromatic amines is 1. The van der Waals surface area contributed by atoms with Crippen LogP contribution >= 0.6 is 0 Å². The van der Waals surface area contributed by atoms with Gasteiger partial charge in [-0.1, -0.05) is 0 Å². The van der Waals surface area contributed by atoms with Crippen molar-refractivity contribution in [1.82, 2.24) is 15.4 Å². The first-order chi connectivity index (χ1) is 9.04. The average molecular weight is 261 g/mol. The van der Waals surface area contributed by atoms with Crippen molar-refractivity contribution in [1.29, 1.82) is 0 Å². The number of aryl methyl sites for hydroxylation is 2. The zero-order valence-corrected chi connectivity index (χ0v) is 11.0. The van der Waals surface area contributed by atoms with Crippen molar-refractivity contribution in [3.8, 4) is 17.0 Å². The maximum atomic E-state index is 11.7. The van der Waals surface area contributed by atoms with Crippen LogP contribution in [0, 0.1) is 13.8 Å². The topological polar surface area (TPSA) is 88.1 Å². The number of phenolic OH excluding ortho intramolecular Hbond substituents is 1. The van der Waals surface area contributed by atoms with Crippen LogP contribution in [0.3, 0.4) is 0 Å². The quantitative estimate of drug-likeness (QED) is 0.825. The molecule has 19 heavy (non-hydrogen) atoms. The Bertz CT molecular complexity index is 596. The van der Waals surface area contributed by atoms with Crippen LogP contribution in [0.25, 0.3) is 11.3 Å². The summed E-state index contributed by atoms with van der Waals surface area (Å²) in [6, 6.07) is 3.51. The molecule has 6 heteroatoms. The number of aromatic hydroxyl groups is 1. The van der Waals surface area contributed by atoms with Crippen molar-refractivity contribution in [2.45, 2.75) is 20.8 Å². The highest BCUT2D eigenvalue weighted by Crippen LogP contribution is 2.29. The number of benzene rings is 1. The Kier molecular flexibility index (Phi) is 3.50. The normalized spacial score (nSPS) is 10.5. The molecule has 0 aliphatic heterocycles. The molecule has 2 aromatic rings. The molecular formula is C13H15N3O3. The smallest absolute Gasteiger partial charge is 0.361 e. The van der Waals surface area contributed by atoms with Crippen LogP contribution in [0.4, 0.5) is 0 Å². The maximum absolute atomic E-state index is 11.7. The van der Waals surface area contributed by atoms with Crippen LogP contribution in [0.5, 0.6) is 5.75 Å². The van der Waals surface area contributed by atoms with Gasteiger partial charge in [0, 0.05) is 5.56 Å². The van der Waals surface area contributed by atoms with E-state index in [2.05, 4.69) is 15.4 Å². The Hall–Kier alpha value is -2.37.